The molecule has 0 N–H and O–H groups in total. The molecule has 0 heterocycles. The Labute approximate surface area is 114 Å². The molecule has 0 aliphatic carbocycles. The summed E-state index contributed by atoms with van der Waals surface area (Å²) in [7, 11) is 1.58. The average Bonchev–Trinajstić information content (AvgIpc) is 2.39. The topological polar surface area (TPSA) is 35.5 Å². The number of allylic oxidation sites excluding steroid dienone is 2. The van der Waals surface area contributed by atoms with Crippen LogP contribution in [0.5, 0.6) is 11.5 Å². The second-order valence-electron chi connectivity index (χ2n) is 4.35. The Hall–Kier alpha value is -2.03. The smallest absolute Gasteiger partial charge is 0.185 e. The minimum atomic E-state index is -0.131. The van der Waals surface area contributed by atoms with Crippen LogP contribution in [0.1, 0.15) is 29.8 Å². The summed E-state index contributed by atoms with van der Waals surface area (Å²) >= 11 is 0. The van der Waals surface area contributed by atoms with Crippen LogP contribution in [-0.4, -0.2) is 19.0 Å². The molecule has 3 nitrogen and oxygen atoms in total. The van der Waals surface area contributed by atoms with Crippen LogP contribution >= 0.6 is 0 Å². The van der Waals surface area contributed by atoms with Crippen LogP contribution < -0.4 is 9.47 Å². The molecule has 1 aromatic carbocycles. The number of methoxy groups -OCH3 is 1. The van der Waals surface area contributed by atoms with Gasteiger partial charge in [-0.1, -0.05) is 12.7 Å². The summed E-state index contributed by atoms with van der Waals surface area (Å²) in [5.41, 5.74) is 1.36. The van der Waals surface area contributed by atoms with E-state index in [1.807, 2.05) is 13.8 Å². The molecule has 0 atom stereocenters. The van der Waals surface area contributed by atoms with Gasteiger partial charge in [-0.3, -0.25) is 4.79 Å². The minimum Gasteiger partial charge on any atom is -0.493 e. The number of carbonyl (C=O) groups excluding carboxylic acids is 1. The van der Waals surface area contributed by atoms with Crippen molar-refractivity contribution in [1.82, 2.24) is 0 Å². The molecule has 102 valence electrons. The van der Waals surface area contributed by atoms with Crippen molar-refractivity contribution in [3.05, 3.63) is 48.6 Å². The lowest BCUT2D eigenvalue weighted by atomic mass is 9.99. The van der Waals surface area contributed by atoms with Crippen LogP contribution in [0, 0.1) is 0 Å². The number of ketones is 1. The van der Waals surface area contributed by atoms with Gasteiger partial charge in [0.15, 0.2) is 17.3 Å². The maximum absolute atomic E-state index is 11.9. The van der Waals surface area contributed by atoms with Gasteiger partial charge in [-0.15, -0.1) is 6.58 Å². The van der Waals surface area contributed by atoms with Gasteiger partial charge in [-0.25, -0.2) is 0 Å². The highest BCUT2D eigenvalue weighted by Crippen LogP contribution is 2.35. The van der Waals surface area contributed by atoms with E-state index in [-0.39, 0.29) is 11.9 Å². The van der Waals surface area contributed by atoms with Crippen molar-refractivity contribution in [2.45, 2.75) is 26.4 Å². The van der Waals surface area contributed by atoms with Gasteiger partial charge in [-0.05, 0) is 38.5 Å². The monoisotopic (exact) mass is 260 g/mol. The third-order valence-electron chi connectivity index (χ3n) is 2.60. The molecule has 0 saturated carbocycles. The SMILES string of the molecule is C=CCc1c(C(=O)C=C)ccc(OC)c1OC(C)C. The first-order valence-corrected chi connectivity index (χ1v) is 6.19. The third kappa shape index (κ3) is 3.47. The Kier molecular flexibility index (Phi) is 5.37. The highest BCUT2D eigenvalue weighted by atomic mass is 16.5. The molecule has 0 saturated heterocycles. The van der Waals surface area contributed by atoms with Crippen LogP contribution in [0.4, 0.5) is 0 Å². The fourth-order valence-electron chi connectivity index (χ4n) is 1.82. The van der Waals surface area contributed by atoms with Crippen LogP contribution in [0.3, 0.4) is 0 Å². The molecule has 3 heteroatoms. The molecule has 0 fully saturated rings. The maximum atomic E-state index is 11.9. The quantitative estimate of drug-likeness (QED) is 0.427. The first kappa shape index (κ1) is 15.0. The lowest BCUT2D eigenvalue weighted by Gasteiger charge is -2.19. The maximum Gasteiger partial charge on any atom is 0.185 e. The number of hydrogen-bond donors (Lipinski definition) is 0. The van der Waals surface area contributed by atoms with Gasteiger partial charge in [0.2, 0.25) is 0 Å². The molecule has 0 aromatic heterocycles. The number of hydrogen-bond acceptors (Lipinski definition) is 3. The van der Waals surface area contributed by atoms with Crippen LogP contribution in [0.15, 0.2) is 37.4 Å². The van der Waals surface area contributed by atoms with E-state index in [4.69, 9.17) is 9.47 Å². The predicted molar refractivity (Wildman–Crippen MR) is 77.2 cm³/mol. The number of benzene rings is 1. The van der Waals surface area contributed by atoms with Gasteiger partial charge in [0.25, 0.3) is 0 Å². The van der Waals surface area contributed by atoms with Crippen molar-refractivity contribution in [3.8, 4) is 11.5 Å². The Morgan fingerprint density at radius 2 is 2.05 bits per heavy atom. The molecule has 0 amide bonds. The molecule has 0 bridgehead atoms. The Bertz CT molecular complexity index is 487. The van der Waals surface area contributed by atoms with Crippen LogP contribution in [0.2, 0.25) is 0 Å². The van der Waals surface area contributed by atoms with Crippen molar-refractivity contribution in [2.75, 3.05) is 7.11 Å². The molecule has 1 aromatic rings. The third-order valence-corrected chi connectivity index (χ3v) is 2.60. The summed E-state index contributed by atoms with van der Waals surface area (Å²) < 4.78 is 11.1. The molecule has 19 heavy (non-hydrogen) atoms. The second kappa shape index (κ2) is 6.78. The fourth-order valence-corrected chi connectivity index (χ4v) is 1.82. The van der Waals surface area contributed by atoms with E-state index in [9.17, 15) is 4.79 Å². The highest BCUT2D eigenvalue weighted by molar-refractivity contribution is 6.06. The second-order valence-corrected chi connectivity index (χ2v) is 4.35. The molecular weight excluding hydrogens is 240 g/mol. The van der Waals surface area contributed by atoms with Crippen molar-refractivity contribution in [1.29, 1.82) is 0 Å². The Morgan fingerprint density at radius 1 is 1.37 bits per heavy atom. The molecule has 1 rings (SSSR count). The van der Waals surface area contributed by atoms with Gasteiger partial charge in [0, 0.05) is 11.1 Å². The molecule has 0 aliphatic heterocycles. The molecular formula is C16H20O3. The number of carbonyl (C=O) groups is 1. The standard InChI is InChI=1S/C16H20O3/c1-6-8-13-12(14(17)7-2)9-10-15(18-5)16(13)19-11(3)4/h6-7,9-11H,1-2,8H2,3-5H3. The van der Waals surface area contributed by atoms with Crippen LogP contribution in [0.25, 0.3) is 0 Å². The van der Waals surface area contributed by atoms with E-state index in [1.165, 1.54) is 6.08 Å². The summed E-state index contributed by atoms with van der Waals surface area (Å²) in [6.45, 7) is 11.1. The van der Waals surface area contributed by atoms with E-state index >= 15 is 0 Å². The molecule has 0 aliphatic rings. The minimum absolute atomic E-state index is 0.00783. The zero-order valence-electron chi connectivity index (χ0n) is 11.7. The zero-order chi connectivity index (χ0) is 14.4. The number of rotatable bonds is 7. The van der Waals surface area contributed by atoms with E-state index in [0.717, 1.165) is 5.56 Å². The first-order chi connectivity index (χ1) is 9.04. The summed E-state index contributed by atoms with van der Waals surface area (Å²) in [5.74, 6) is 1.09. The van der Waals surface area contributed by atoms with Crippen molar-refractivity contribution in [3.63, 3.8) is 0 Å². The zero-order valence-corrected chi connectivity index (χ0v) is 11.7. The van der Waals surface area contributed by atoms with Gasteiger partial charge in [-0.2, -0.15) is 0 Å². The molecule has 0 unspecified atom stereocenters. The van der Waals surface area contributed by atoms with E-state index in [0.29, 0.717) is 23.5 Å². The van der Waals surface area contributed by atoms with E-state index < -0.39 is 0 Å². The lowest BCUT2D eigenvalue weighted by molar-refractivity contribution is 0.104. The Balaban J connectivity index is 3.46. The highest BCUT2D eigenvalue weighted by Gasteiger charge is 2.18. The van der Waals surface area contributed by atoms with Crippen molar-refractivity contribution >= 4 is 5.78 Å². The van der Waals surface area contributed by atoms with Crippen molar-refractivity contribution in [2.24, 2.45) is 0 Å². The summed E-state index contributed by atoms with van der Waals surface area (Å²) in [5, 5.41) is 0. The summed E-state index contributed by atoms with van der Waals surface area (Å²) in [6.07, 6.45) is 3.57. The number of ether oxygens (including phenoxy) is 2. The van der Waals surface area contributed by atoms with Gasteiger partial charge < -0.3 is 9.47 Å². The Morgan fingerprint density at radius 3 is 2.53 bits per heavy atom. The van der Waals surface area contributed by atoms with Crippen molar-refractivity contribution < 1.29 is 14.3 Å². The lowest BCUT2D eigenvalue weighted by Crippen LogP contribution is -2.11. The molecule has 0 spiro atoms. The van der Waals surface area contributed by atoms with Gasteiger partial charge in [0.1, 0.15) is 0 Å². The van der Waals surface area contributed by atoms with Crippen LogP contribution in [-0.2, 0) is 6.42 Å². The van der Waals surface area contributed by atoms with E-state index in [2.05, 4.69) is 13.2 Å². The summed E-state index contributed by atoms with van der Waals surface area (Å²) in [4.78, 5) is 11.9. The fraction of sp³-hybridized carbons (Fsp3) is 0.312. The predicted octanol–water partition coefficient (Wildman–Crippen LogP) is 3.58. The largest absolute Gasteiger partial charge is 0.493 e. The average molecular weight is 260 g/mol. The first-order valence-electron chi connectivity index (χ1n) is 6.19. The molecule has 0 radical (unpaired) electrons. The van der Waals surface area contributed by atoms with Gasteiger partial charge >= 0.3 is 0 Å². The van der Waals surface area contributed by atoms with E-state index in [1.54, 1.807) is 25.3 Å². The van der Waals surface area contributed by atoms with Gasteiger partial charge in [0.05, 0.1) is 13.2 Å². The normalized spacial score (nSPS) is 10.1. The summed E-state index contributed by atoms with van der Waals surface area (Å²) in [6, 6.07) is 3.47.